The molecule has 0 bridgehead atoms. The largest absolute Gasteiger partial charge is 0.497 e. The molecule has 0 aliphatic carbocycles. The number of aliphatic carboxylic acids is 1. The molecule has 1 aromatic carbocycles. The van der Waals surface area contributed by atoms with E-state index in [-0.39, 0.29) is 6.04 Å². The number of ether oxygens (including phenoxy) is 1. The fourth-order valence-electron chi connectivity index (χ4n) is 1.95. The number of thioether (sulfide) groups is 1. The Bertz CT molecular complexity index is 407. The molecule has 2 atom stereocenters. The lowest BCUT2D eigenvalue weighted by atomic mass is 10.2. The summed E-state index contributed by atoms with van der Waals surface area (Å²) >= 11 is 1.81. The van der Waals surface area contributed by atoms with Crippen LogP contribution in [0.5, 0.6) is 5.75 Å². The van der Waals surface area contributed by atoms with Crippen LogP contribution in [0.2, 0.25) is 0 Å². The molecule has 18 heavy (non-hydrogen) atoms. The van der Waals surface area contributed by atoms with Crippen LogP contribution in [0.1, 0.15) is 12.0 Å². The molecule has 2 rings (SSSR count). The normalized spacial score (nSPS) is 22.9. The van der Waals surface area contributed by atoms with Gasteiger partial charge in [-0.05, 0) is 24.1 Å². The predicted octanol–water partition coefficient (Wildman–Crippen LogP) is 1.74. The van der Waals surface area contributed by atoms with Crippen LogP contribution in [0.4, 0.5) is 0 Å². The van der Waals surface area contributed by atoms with E-state index < -0.39 is 5.97 Å². The topological polar surface area (TPSA) is 58.6 Å². The van der Waals surface area contributed by atoms with Crippen molar-refractivity contribution < 1.29 is 14.6 Å². The van der Waals surface area contributed by atoms with Crippen LogP contribution in [0.25, 0.3) is 0 Å². The van der Waals surface area contributed by atoms with Gasteiger partial charge in [0.05, 0.1) is 7.11 Å². The summed E-state index contributed by atoms with van der Waals surface area (Å²) in [6, 6.07) is 7.61. The Morgan fingerprint density at radius 2 is 2.22 bits per heavy atom. The van der Waals surface area contributed by atoms with Crippen molar-refractivity contribution in [1.82, 2.24) is 5.32 Å². The zero-order chi connectivity index (χ0) is 13.0. The van der Waals surface area contributed by atoms with Crippen LogP contribution >= 0.6 is 11.8 Å². The Balaban J connectivity index is 1.79. The van der Waals surface area contributed by atoms with E-state index in [1.807, 2.05) is 24.3 Å². The van der Waals surface area contributed by atoms with Gasteiger partial charge in [-0.3, -0.25) is 4.79 Å². The van der Waals surface area contributed by atoms with Crippen molar-refractivity contribution >= 4 is 17.7 Å². The first kappa shape index (κ1) is 13.2. The summed E-state index contributed by atoms with van der Waals surface area (Å²) in [6.45, 7) is 0.776. The van der Waals surface area contributed by atoms with Crippen molar-refractivity contribution in [3.63, 3.8) is 0 Å². The second kappa shape index (κ2) is 6.11. The molecule has 5 heteroatoms. The van der Waals surface area contributed by atoms with Gasteiger partial charge in [-0.15, -0.1) is 0 Å². The second-order valence-corrected chi connectivity index (χ2v) is 5.60. The molecular formula is C13H17NO3S. The third-order valence-electron chi connectivity index (χ3n) is 3.03. The maximum atomic E-state index is 10.8. The summed E-state index contributed by atoms with van der Waals surface area (Å²) < 4.78 is 5.11. The van der Waals surface area contributed by atoms with Crippen LogP contribution < -0.4 is 10.1 Å². The molecule has 98 valence electrons. The minimum Gasteiger partial charge on any atom is -0.497 e. The predicted molar refractivity (Wildman–Crippen MR) is 72.1 cm³/mol. The highest BCUT2D eigenvalue weighted by molar-refractivity contribution is 7.99. The average Bonchev–Trinajstić information content (AvgIpc) is 2.86. The quantitative estimate of drug-likeness (QED) is 0.851. The fraction of sp³-hybridized carbons (Fsp3) is 0.462. The monoisotopic (exact) mass is 267 g/mol. The number of carbonyl (C=O) groups is 1. The molecule has 0 saturated carbocycles. The van der Waals surface area contributed by atoms with Gasteiger partial charge in [-0.1, -0.05) is 12.1 Å². The zero-order valence-corrected chi connectivity index (χ0v) is 11.1. The SMILES string of the molecule is COc1ccc(CS[C@H]2CN[C@H](C(=O)O)C2)cc1. The lowest BCUT2D eigenvalue weighted by Gasteiger charge is -2.08. The molecule has 0 spiro atoms. The Labute approximate surface area is 111 Å². The van der Waals surface area contributed by atoms with Crippen LogP contribution in [0.3, 0.4) is 0 Å². The van der Waals surface area contributed by atoms with Crippen molar-refractivity contribution in [3.05, 3.63) is 29.8 Å². The Kier molecular flexibility index (Phi) is 4.49. The zero-order valence-electron chi connectivity index (χ0n) is 10.3. The smallest absolute Gasteiger partial charge is 0.320 e. The molecule has 1 aromatic rings. The first-order valence-electron chi connectivity index (χ1n) is 5.90. The molecule has 0 amide bonds. The van der Waals surface area contributed by atoms with Gasteiger partial charge in [0.15, 0.2) is 0 Å². The van der Waals surface area contributed by atoms with Crippen molar-refractivity contribution in [2.45, 2.75) is 23.5 Å². The van der Waals surface area contributed by atoms with E-state index in [9.17, 15) is 4.79 Å². The standard InChI is InChI=1S/C13H17NO3S/c1-17-10-4-2-9(3-5-10)8-18-11-6-12(13(15)16)14-7-11/h2-5,11-12,14H,6-8H2,1H3,(H,15,16)/t11-,12+/m1/s1. The van der Waals surface area contributed by atoms with Crippen molar-refractivity contribution in [2.24, 2.45) is 0 Å². The highest BCUT2D eigenvalue weighted by atomic mass is 32.2. The molecule has 1 aliphatic heterocycles. The van der Waals surface area contributed by atoms with E-state index >= 15 is 0 Å². The number of rotatable bonds is 5. The molecule has 1 aliphatic rings. The average molecular weight is 267 g/mol. The molecule has 4 nitrogen and oxygen atoms in total. The van der Waals surface area contributed by atoms with Crippen LogP contribution in [0.15, 0.2) is 24.3 Å². The van der Waals surface area contributed by atoms with Gasteiger partial charge in [0.1, 0.15) is 11.8 Å². The summed E-state index contributed by atoms with van der Waals surface area (Å²) in [7, 11) is 1.65. The van der Waals surface area contributed by atoms with E-state index in [0.29, 0.717) is 11.7 Å². The van der Waals surface area contributed by atoms with E-state index in [0.717, 1.165) is 18.0 Å². The Hall–Kier alpha value is -1.20. The highest BCUT2D eigenvalue weighted by Crippen LogP contribution is 2.25. The molecule has 0 unspecified atom stereocenters. The van der Waals surface area contributed by atoms with Crippen molar-refractivity contribution in [2.75, 3.05) is 13.7 Å². The van der Waals surface area contributed by atoms with Crippen LogP contribution in [0, 0.1) is 0 Å². The van der Waals surface area contributed by atoms with Gasteiger partial charge in [-0.25, -0.2) is 0 Å². The van der Waals surface area contributed by atoms with E-state index in [1.165, 1.54) is 5.56 Å². The maximum absolute atomic E-state index is 10.8. The Morgan fingerprint density at radius 1 is 1.50 bits per heavy atom. The van der Waals surface area contributed by atoms with Gasteiger partial charge < -0.3 is 15.2 Å². The Morgan fingerprint density at radius 3 is 2.78 bits per heavy atom. The summed E-state index contributed by atoms with van der Waals surface area (Å²) in [5, 5.41) is 12.3. The van der Waals surface area contributed by atoms with Gasteiger partial charge in [0, 0.05) is 17.5 Å². The summed E-state index contributed by atoms with van der Waals surface area (Å²) in [5.74, 6) is 1.02. The molecule has 1 fully saturated rings. The number of hydrogen-bond donors (Lipinski definition) is 2. The third kappa shape index (κ3) is 3.40. The molecule has 0 radical (unpaired) electrons. The first-order valence-corrected chi connectivity index (χ1v) is 6.94. The molecule has 0 aromatic heterocycles. The number of methoxy groups -OCH3 is 1. The van der Waals surface area contributed by atoms with Crippen molar-refractivity contribution in [3.8, 4) is 5.75 Å². The van der Waals surface area contributed by atoms with E-state index in [2.05, 4.69) is 5.32 Å². The molecule has 2 N–H and O–H groups in total. The molecule has 1 heterocycles. The lowest BCUT2D eigenvalue weighted by molar-refractivity contribution is -0.139. The summed E-state index contributed by atoms with van der Waals surface area (Å²) in [4.78, 5) is 10.8. The second-order valence-electron chi connectivity index (χ2n) is 4.32. The maximum Gasteiger partial charge on any atom is 0.320 e. The van der Waals surface area contributed by atoms with Gasteiger partial charge in [-0.2, -0.15) is 11.8 Å². The number of carboxylic acid groups (broad SMARTS) is 1. The number of benzene rings is 1. The van der Waals surface area contributed by atoms with E-state index in [1.54, 1.807) is 18.9 Å². The van der Waals surface area contributed by atoms with Crippen molar-refractivity contribution in [1.29, 1.82) is 0 Å². The number of carboxylic acids is 1. The third-order valence-corrected chi connectivity index (χ3v) is 4.36. The highest BCUT2D eigenvalue weighted by Gasteiger charge is 2.29. The summed E-state index contributed by atoms with van der Waals surface area (Å²) in [5.41, 5.74) is 1.24. The number of hydrogen-bond acceptors (Lipinski definition) is 4. The van der Waals surface area contributed by atoms with Crippen LogP contribution in [-0.2, 0) is 10.5 Å². The van der Waals surface area contributed by atoms with Gasteiger partial charge in [0.25, 0.3) is 0 Å². The minimum absolute atomic E-state index is 0.377. The fourth-order valence-corrected chi connectivity index (χ4v) is 3.12. The number of nitrogens with one attached hydrogen (secondary N) is 1. The molecular weight excluding hydrogens is 250 g/mol. The first-order chi connectivity index (χ1) is 8.69. The van der Waals surface area contributed by atoms with E-state index in [4.69, 9.17) is 9.84 Å². The lowest BCUT2D eigenvalue weighted by Crippen LogP contribution is -2.29. The van der Waals surface area contributed by atoms with Gasteiger partial charge in [0.2, 0.25) is 0 Å². The van der Waals surface area contributed by atoms with Crippen LogP contribution in [-0.4, -0.2) is 36.0 Å². The summed E-state index contributed by atoms with van der Waals surface area (Å²) in [6.07, 6.45) is 0.705. The minimum atomic E-state index is -0.748. The molecule has 1 saturated heterocycles. The van der Waals surface area contributed by atoms with Gasteiger partial charge >= 0.3 is 5.97 Å².